The quantitative estimate of drug-likeness (QED) is 0.807. The molecule has 2 atom stereocenters. The molecule has 0 radical (unpaired) electrons. The minimum absolute atomic E-state index is 0.291. The number of nitrogens with zero attached hydrogens (tertiary/aromatic N) is 5. The fraction of sp³-hybridized carbons (Fsp3) is 0.909. The van der Waals surface area contributed by atoms with Crippen molar-refractivity contribution in [2.75, 3.05) is 13.1 Å². The predicted molar refractivity (Wildman–Crippen MR) is 63.1 cm³/mol. The number of hydrogen-bond acceptors (Lipinski definition) is 5. The fourth-order valence-corrected chi connectivity index (χ4v) is 2.55. The number of rotatable bonds is 4. The van der Waals surface area contributed by atoms with E-state index in [1.807, 2.05) is 4.68 Å². The van der Waals surface area contributed by atoms with E-state index in [-0.39, 0.29) is 0 Å². The third-order valence-electron chi connectivity index (χ3n) is 3.87. The summed E-state index contributed by atoms with van der Waals surface area (Å²) in [7, 11) is 0. The number of nitrogens with two attached hydrogens (primary N) is 1. The molecular formula is C11H20N6. The van der Waals surface area contributed by atoms with E-state index in [2.05, 4.69) is 27.3 Å². The van der Waals surface area contributed by atoms with E-state index in [9.17, 15) is 0 Å². The highest BCUT2D eigenvalue weighted by Gasteiger charge is 2.30. The van der Waals surface area contributed by atoms with Gasteiger partial charge in [-0.3, -0.25) is 4.90 Å². The summed E-state index contributed by atoms with van der Waals surface area (Å²) in [5.74, 6) is 1.64. The van der Waals surface area contributed by atoms with Crippen LogP contribution in [-0.4, -0.2) is 44.2 Å². The van der Waals surface area contributed by atoms with Crippen LogP contribution < -0.4 is 5.73 Å². The maximum Gasteiger partial charge on any atom is 0.165 e. The second-order valence-electron chi connectivity index (χ2n) is 5.41. The van der Waals surface area contributed by atoms with Crippen LogP contribution >= 0.6 is 0 Å². The molecule has 0 aromatic carbocycles. The van der Waals surface area contributed by atoms with E-state index in [4.69, 9.17) is 5.73 Å². The number of tetrazole rings is 1. The van der Waals surface area contributed by atoms with Crippen LogP contribution in [0.2, 0.25) is 0 Å². The van der Waals surface area contributed by atoms with Crippen molar-refractivity contribution in [3.05, 3.63) is 5.82 Å². The predicted octanol–water partition coefficient (Wildman–Crippen LogP) is 0.177. The molecule has 2 N–H and O–H groups in total. The lowest BCUT2D eigenvalue weighted by Gasteiger charge is -2.17. The van der Waals surface area contributed by atoms with E-state index < -0.39 is 0 Å². The monoisotopic (exact) mass is 236 g/mol. The molecule has 17 heavy (non-hydrogen) atoms. The molecule has 1 saturated carbocycles. The second kappa shape index (κ2) is 4.34. The first-order valence-electron chi connectivity index (χ1n) is 6.48. The molecule has 6 heteroatoms. The van der Waals surface area contributed by atoms with Gasteiger partial charge in [0, 0.05) is 12.6 Å². The van der Waals surface area contributed by atoms with Gasteiger partial charge in [0.1, 0.15) is 0 Å². The van der Waals surface area contributed by atoms with Gasteiger partial charge >= 0.3 is 0 Å². The van der Waals surface area contributed by atoms with Gasteiger partial charge < -0.3 is 5.73 Å². The summed E-state index contributed by atoms with van der Waals surface area (Å²) in [6, 6.07) is 0.853. The van der Waals surface area contributed by atoms with Crippen molar-refractivity contribution in [3.8, 4) is 0 Å². The van der Waals surface area contributed by atoms with Crippen LogP contribution in [0.4, 0.5) is 0 Å². The summed E-state index contributed by atoms with van der Waals surface area (Å²) in [4.78, 5) is 2.42. The van der Waals surface area contributed by atoms with Gasteiger partial charge in [-0.25, -0.2) is 4.68 Å². The molecule has 1 saturated heterocycles. The lowest BCUT2D eigenvalue weighted by Crippen LogP contribution is -2.30. The van der Waals surface area contributed by atoms with Crippen LogP contribution in [0.25, 0.3) is 0 Å². The molecule has 2 heterocycles. The largest absolute Gasteiger partial charge is 0.328 e. The van der Waals surface area contributed by atoms with Crippen molar-refractivity contribution in [3.63, 3.8) is 0 Å². The number of likely N-dealkylation sites (tertiary alicyclic amines) is 1. The van der Waals surface area contributed by atoms with Gasteiger partial charge in [0.05, 0.1) is 12.6 Å². The van der Waals surface area contributed by atoms with E-state index in [1.165, 1.54) is 19.3 Å². The van der Waals surface area contributed by atoms with Crippen molar-refractivity contribution in [1.29, 1.82) is 0 Å². The maximum atomic E-state index is 5.95. The first-order chi connectivity index (χ1) is 8.24. The van der Waals surface area contributed by atoms with Gasteiger partial charge in [-0.15, -0.1) is 5.10 Å². The molecule has 3 rings (SSSR count). The van der Waals surface area contributed by atoms with Gasteiger partial charge in [0.2, 0.25) is 0 Å². The Morgan fingerprint density at radius 1 is 1.41 bits per heavy atom. The minimum Gasteiger partial charge on any atom is -0.328 e. The lowest BCUT2D eigenvalue weighted by molar-refractivity contribution is 0.294. The molecule has 0 spiro atoms. The Hall–Kier alpha value is -1.01. The minimum atomic E-state index is 0.291. The summed E-state index contributed by atoms with van der Waals surface area (Å²) in [5, 5.41) is 12.0. The summed E-state index contributed by atoms with van der Waals surface area (Å²) >= 11 is 0. The highest BCUT2D eigenvalue weighted by atomic mass is 15.6. The molecule has 0 amide bonds. The smallest absolute Gasteiger partial charge is 0.165 e. The highest BCUT2D eigenvalue weighted by molar-refractivity contribution is 4.92. The summed E-state index contributed by atoms with van der Waals surface area (Å²) in [6.07, 6.45) is 3.64. The summed E-state index contributed by atoms with van der Waals surface area (Å²) < 4.78 is 2.00. The van der Waals surface area contributed by atoms with Gasteiger partial charge in [0.25, 0.3) is 0 Å². The van der Waals surface area contributed by atoms with Crippen LogP contribution in [0.1, 0.15) is 38.1 Å². The molecule has 2 aliphatic rings. The Balaban J connectivity index is 1.61. The SMILES string of the molecule is CC(N)C1CCN(Cc2nnnn2C2CC2)C1. The average molecular weight is 236 g/mol. The standard InChI is InChI=1S/C11H20N6/c1-8(12)9-4-5-16(6-9)7-11-13-14-15-17(11)10-2-3-10/h8-10H,2-7,12H2,1H3. The van der Waals surface area contributed by atoms with Crippen molar-refractivity contribution >= 4 is 0 Å². The van der Waals surface area contributed by atoms with E-state index in [1.54, 1.807) is 0 Å². The topological polar surface area (TPSA) is 72.9 Å². The first-order valence-corrected chi connectivity index (χ1v) is 6.48. The van der Waals surface area contributed by atoms with Crippen molar-refractivity contribution in [2.45, 2.75) is 44.8 Å². The van der Waals surface area contributed by atoms with Gasteiger partial charge in [-0.2, -0.15) is 0 Å². The van der Waals surface area contributed by atoms with E-state index in [0.717, 1.165) is 25.5 Å². The second-order valence-corrected chi connectivity index (χ2v) is 5.41. The van der Waals surface area contributed by atoms with E-state index in [0.29, 0.717) is 18.0 Å². The van der Waals surface area contributed by atoms with Crippen molar-refractivity contribution in [2.24, 2.45) is 11.7 Å². The number of hydrogen-bond donors (Lipinski definition) is 1. The normalized spacial score (nSPS) is 27.5. The zero-order valence-corrected chi connectivity index (χ0v) is 10.3. The van der Waals surface area contributed by atoms with Gasteiger partial charge in [-0.05, 0) is 49.1 Å². The molecule has 1 aromatic rings. The Kier molecular flexibility index (Phi) is 2.84. The van der Waals surface area contributed by atoms with Crippen LogP contribution in [-0.2, 0) is 6.54 Å². The Morgan fingerprint density at radius 2 is 2.24 bits per heavy atom. The first kappa shape index (κ1) is 11.1. The average Bonchev–Trinajstić information content (AvgIpc) is 2.86. The van der Waals surface area contributed by atoms with Crippen molar-refractivity contribution < 1.29 is 0 Å². The third kappa shape index (κ3) is 2.32. The highest BCUT2D eigenvalue weighted by Crippen LogP contribution is 2.34. The maximum absolute atomic E-state index is 5.95. The zero-order valence-electron chi connectivity index (χ0n) is 10.3. The Morgan fingerprint density at radius 3 is 2.88 bits per heavy atom. The van der Waals surface area contributed by atoms with Crippen LogP contribution in [0.15, 0.2) is 0 Å². The third-order valence-corrected chi connectivity index (χ3v) is 3.87. The Bertz CT molecular complexity index is 383. The molecule has 2 unspecified atom stereocenters. The van der Waals surface area contributed by atoms with Gasteiger partial charge in [-0.1, -0.05) is 0 Å². The molecule has 1 aliphatic heterocycles. The van der Waals surface area contributed by atoms with Crippen LogP contribution in [0, 0.1) is 5.92 Å². The summed E-state index contributed by atoms with van der Waals surface area (Å²) in [6.45, 7) is 5.16. The Labute approximate surface area is 101 Å². The molecule has 94 valence electrons. The fourth-order valence-electron chi connectivity index (χ4n) is 2.55. The molecule has 0 bridgehead atoms. The van der Waals surface area contributed by atoms with E-state index >= 15 is 0 Å². The zero-order chi connectivity index (χ0) is 11.8. The molecule has 2 fully saturated rings. The summed E-state index contributed by atoms with van der Waals surface area (Å²) in [5.41, 5.74) is 5.95. The molecular weight excluding hydrogens is 216 g/mol. The number of aromatic nitrogens is 4. The van der Waals surface area contributed by atoms with Crippen LogP contribution in [0.3, 0.4) is 0 Å². The molecule has 1 aromatic heterocycles. The van der Waals surface area contributed by atoms with Gasteiger partial charge in [0.15, 0.2) is 5.82 Å². The lowest BCUT2D eigenvalue weighted by atomic mass is 10.0. The van der Waals surface area contributed by atoms with Crippen LogP contribution in [0.5, 0.6) is 0 Å². The molecule has 6 nitrogen and oxygen atoms in total. The molecule has 1 aliphatic carbocycles. The van der Waals surface area contributed by atoms with Crippen molar-refractivity contribution in [1.82, 2.24) is 25.1 Å².